The number of anilines is 1. The summed E-state index contributed by atoms with van der Waals surface area (Å²) in [4.78, 5) is 30.3. The van der Waals surface area contributed by atoms with Crippen LogP contribution in [0.25, 0.3) is 0 Å². The van der Waals surface area contributed by atoms with Crippen molar-refractivity contribution in [2.45, 2.75) is 77.2 Å². The molecule has 7 atom stereocenters. The predicted octanol–water partition coefficient (Wildman–Crippen LogP) is 4.58. The first-order valence-electron chi connectivity index (χ1n) is 11.5. The van der Waals surface area contributed by atoms with Crippen LogP contribution in [0.15, 0.2) is 5.38 Å². The van der Waals surface area contributed by atoms with E-state index in [-0.39, 0.29) is 10.8 Å². The summed E-state index contributed by atoms with van der Waals surface area (Å²) in [6.07, 6.45) is 9.13. The summed E-state index contributed by atoms with van der Waals surface area (Å²) in [6, 6.07) is -0.129. The summed E-state index contributed by atoms with van der Waals surface area (Å²) in [7, 11) is 2.03. The number of urea groups is 1. The number of hydrogen-bond donors (Lipinski definition) is 2. The van der Waals surface area contributed by atoms with E-state index in [9.17, 15) is 9.59 Å². The Hall–Kier alpha value is -1.63. The van der Waals surface area contributed by atoms with Gasteiger partial charge in [-0.15, -0.1) is 11.3 Å². The number of nitrogens with one attached hydrogen (secondary N) is 1. The van der Waals surface area contributed by atoms with Crippen LogP contribution < -0.4 is 11.1 Å². The summed E-state index contributed by atoms with van der Waals surface area (Å²) < 4.78 is 0. The second kappa shape index (κ2) is 6.94. The van der Waals surface area contributed by atoms with Gasteiger partial charge in [-0.25, -0.2) is 9.78 Å². The number of nitrogens with two attached hydrogens (primary N) is 1. The van der Waals surface area contributed by atoms with E-state index in [1.54, 1.807) is 0 Å². The quantitative estimate of drug-likeness (QED) is 0.720. The van der Waals surface area contributed by atoms with Crippen molar-refractivity contribution in [3.05, 3.63) is 11.1 Å². The average molecular weight is 431 g/mol. The SMILES string of the molecule is CN1C(=O)CC[C@]2(C)C3CC[C@]4(C)[C@@H](c5csc(NC(N)=O)n5)CC[C@H]4C3CC[C@@H]12. The summed E-state index contributed by atoms with van der Waals surface area (Å²) >= 11 is 1.48. The number of nitrogens with zero attached hydrogens (tertiary/aromatic N) is 2. The van der Waals surface area contributed by atoms with Gasteiger partial charge in [0, 0.05) is 30.8 Å². The third-order valence-electron chi connectivity index (χ3n) is 9.67. The van der Waals surface area contributed by atoms with Gasteiger partial charge >= 0.3 is 6.03 Å². The molecule has 3 aliphatic carbocycles. The molecule has 1 aromatic heterocycles. The van der Waals surface area contributed by atoms with Crippen molar-refractivity contribution >= 4 is 28.4 Å². The number of thiazole rings is 1. The van der Waals surface area contributed by atoms with Crippen LogP contribution in [-0.4, -0.2) is 34.9 Å². The van der Waals surface area contributed by atoms with E-state index in [1.807, 2.05) is 7.05 Å². The third kappa shape index (κ3) is 2.84. The Morgan fingerprint density at radius 3 is 2.70 bits per heavy atom. The minimum Gasteiger partial charge on any atom is -0.351 e. The monoisotopic (exact) mass is 430 g/mol. The maximum Gasteiger partial charge on any atom is 0.318 e. The maximum atomic E-state index is 12.3. The van der Waals surface area contributed by atoms with E-state index in [0.717, 1.165) is 36.3 Å². The Kier molecular flexibility index (Phi) is 4.69. The van der Waals surface area contributed by atoms with Crippen LogP contribution in [-0.2, 0) is 4.79 Å². The van der Waals surface area contributed by atoms with Crippen LogP contribution in [0.5, 0.6) is 0 Å². The highest BCUT2D eigenvalue weighted by molar-refractivity contribution is 7.13. The van der Waals surface area contributed by atoms with Gasteiger partial charge in [0.1, 0.15) is 0 Å². The molecule has 0 bridgehead atoms. The lowest BCUT2D eigenvalue weighted by molar-refractivity contribution is -0.157. The number of amides is 3. The summed E-state index contributed by atoms with van der Waals surface area (Å²) in [6.45, 7) is 4.98. The molecule has 4 fully saturated rings. The molecule has 0 aromatic carbocycles. The first-order valence-corrected chi connectivity index (χ1v) is 12.4. The zero-order valence-corrected chi connectivity index (χ0v) is 19.1. The molecule has 3 N–H and O–H groups in total. The van der Waals surface area contributed by atoms with E-state index in [1.165, 1.54) is 43.4 Å². The van der Waals surface area contributed by atoms with E-state index in [4.69, 9.17) is 10.7 Å². The van der Waals surface area contributed by atoms with Crippen molar-refractivity contribution in [2.24, 2.45) is 34.3 Å². The van der Waals surface area contributed by atoms with E-state index >= 15 is 0 Å². The van der Waals surface area contributed by atoms with Crippen molar-refractivity contribution in [1.82, 2.24) is 9.88 Å². The minimum absolute atomic E-state index is 0.268. The van der Waals surface area contributed by atoms with Gasteiger partial charge in [0.2, 0.25) is 5.91 Å². The molecule has 0 radical (unpaired) electrons. The number of carbonyl (C=O) groups is 2. The molecule has 1 aromatic rings. The average Bonchev–Trinajstić information content (AvgIpc) is 3.28. The van der Waals surface area contributed by atoms with Gasteiger partial charge in [-0.2, -0.15) is 0 Å². The Labute approximate surface area is 183 Å². The number of fused-ring (bicyclic) bond motifs is 5. The molecule has 30 heavy (non-hydrogen) atoms. The van der Waals surface area contributed by atoms with Gasteiger partial charge in [-0.1, -0.05) is 13.8 Å². The van der Waals surface area contributed by atoms with E-state index in [0.29, 0.717) is 29.4 Å². The lowest BCUT2D eigenvalue weighted by atomic mass is 9.46. The normalized spacial score (nSPS) is 43.0. The van der Waals surface area contributed by atoms with Crippen LogP contribution in [0, 0.1) is 28.6 Å². The molecule has 164 valence electrons. The molecule has 2 unspecified atom stereocenters. The Bertz CT molecular complexity index is 871. The standard InChI is InChI=1S/C23H34N4O2S/c1-22-10-8-15-13(4-7-18-23(15,2)11-9-19(28)27(18)3)14(22)5-6-16(22)17-12-30-21(25-17)26-20(24)29/h12-16,18H,4-11H2,1-3H3,(H3,24,25,26,29)/t13?,14-,15?,16+,18+,22-,23+/m0/s1. The first kappa shape index (κ1) is 20.3. The minimum atomic E-state index is -0.548. The molecular weight excluding hydrogens is 396 g/mol. The zero-order chi connectivity index (χ0) is 21.3. The number of likely N-dealkylation sites (tertiary alicyclic amines) is 1. The molecule has 1 saturated heterocycles. The zero-order valence-electron chi connectivity index (χ0n) is 18.3. The Morgan fingerprint density at radius 1 is 1.17 bits per heavy atom. The van der Waals surface area contributed by atoms with Crippen LogP contribution in [0.2, 0.25) is 0 Å². The fourth-order valence-electron chi connectivity index (χ4n) is 8.25. The van der Waals surface area contributed by atoms with Gasteiger partial charge in [0.15, 0.2) is 5.13 Å². The molecule has 3 amide bonds. The third-order valence-corrected chi connectivity index (χ3v) is 10.4. The molecule has 6 nitrogen and oxygen atoms in total. The molecule has 2 heterocycles. The van der Waals surface area contributed by atoms with Crippen molar-refractivity contribution in [2.75, 3.05) is 12.4 Å². The molecule has 0 spiro atoms. The highest BCUT2D eigenvalue weighted by Crippen LogP contribution is 2.67. The highest BCUT2D eigenvalue weighted by Gasteiger charge is 2.61. The summed E-state index contributed by atoms with van der Waals surface area (Å²) in [5.41, 5.74) is 6.95. The van der Waals surface area contributed by atoms with Crippen LogP contribution >= 0.6 is 11.3 Å². The lowest BCUT2D eigenvalue weighted by Crippen LogP contribution is -2.61. The van der Waals surface area contributed by atoms with Gasteiger partial charge in [0.05, 0.1) is 5.69 Å². The molecule has 5 rings (SSSR count). The number of carbonyl (C=O) groups excluding carboxylic acids is 2. The number of primary amides is 1. The second-order valence-corrected chi connectivity index (χ2v) is 11.6. The Morgan fingerprint density at radius 2 is 1.93 bits per heavy atom. The van der Waals surface area contributed by atoms with Gasteiger partial charge in [0.25, 0.3) is 0 Å². The van der Waals surface area contributed by atoms with Gasteiger partial charge in [-0.05, 0) is 73.5 Å². The van der Waals surface area contributed by atoms with Crippen LogP contribution in [0.3, 0.4) is 0 Å². The van der Waals surface area contributed by atoms with Crippen molar-refractivity contribution in [1.29, 1.82) is 0 Å². The summed E-state index contributed by atoms with van der Waals surface area (Å²) in [5, 5.41) is 5.37. The fraction of sp³-hybridized carbons (Fsp3) is 0.783. The molecular formula is C23H34N4O2S. The molecule has 7 heteroatoms. The van der Waals surface area contributed by atoms with Crippen molar-refractivity contribution in [3.63, 3.8) is 0 Å². The number of aromatic nitrogens is 1. The largest absolute Gasteiger partial charge is 0.351 e. The topological polar surface area (TPSA) is 88.3 Å². The number of piperidine rings is 1. The molecule has 3 saturated carbocycles. The first-order chi connectivity index (χ1) is 14.2. The number of rotatable bonds is 2. The predicted molar refractivity (Wildman–Crippen MR) is 118 cm³/mol. The van der Waals surface area contributed by atoms with Gasteiger partial charge < -0.3 is 10.6 Å². The maximum absolute atomic E-state index is 12.3. The van der Waals surface area contributed by atoms with Crippen molar-refractivity contribution in [3.8, 4) is 0 Å². The van der Waals surface area contributed by atoms with Gasteiger partial charge in [-0.3, -0.25) is 10.1 Å². The van der Waals surface area contributed by atoms with E-state index in [2.05, 4.69) is 29.4 Å². The number of hydrogen-bond acceptors (Lipinski definition) is 4. The molecule has 4 aliphatic rings. The second-order valence-electron chi connectivity index (χ2n) is 10.7. The smallest absolute Gasteiger partial charge is 0.318 e. The summed E-state index contributed by atoms with van der Waals surface area (Å²) in [5.74, 6) is 3.02. The molecule has 1 aliphatic heterocycles. The van der Waals surface area contributed by atoms with E-state index < -0.39 is 6.03 Å². The van der Waals surface area contributed by atoms with Crippen molar-refractivity contribution < 1.29 is 9.59 Å². The fourth-order valence-corrected chi connectivity index (χ4v) is 9.01. The highest BCUT2D eigenvalue weighted by atomic mass is 32.1. The lowest BCUT2D eigenvalue weighted by Gasteiger charge is -2.61. The van der Waals surface area contributed by atoms with Crippen LogP contribution in [0.4, 0.5) is 9.93 Å². The van der Waals surface area contributed by atoms with Crippen LogP contribution in [0.1, 0.15) is 76.8 Å². The Balaban J connectivity index is 1.40.